The number of imidazole rings is 1. The van der Waals surface area contributed by atoms with E-state index in [1.165, 1.54) is 0 Å². The van der Waals surface area contributed by atoms with E-state index in [9.17, 15) is 0 Å². The summed E-state index contributed by atoms with van der Waals surface area (Å²) in [6.45, 7) is 11.9. The predicted molar refractivity (Wildman–Crippen MR) is 88.8 cm³/mol. The van der Waals surface area contributed by atoms with Gasteiger partial charge in [-0.1, -0.05) is 34.1 Å². The van der Waals surface area contributed by atoms with Crippen molar-refractivity contribution in [1.82, 2.24) is 19.3 Å². The second-order valence-electron chi connectivity index (χ2n) is 7.04. The van der Waals surface area contributed by atoms with Gasteiger partial charge in [0, 0.05) is 13.6 Å². The smallest absolute Gasteiger partial charge is 0.158 e. The molecule has 0 N–H and O–H groups in total. The zero-order valence-electron chi connectivity index (χ0n) is 14.1. The lowest BCUT2D eigenvalue weighted by Gasteiger charge is -2.20. The normalized spacial score (nSPS) is 14.0. The third-order valence-corrected chi connectivity index (χ3v) is 3.94. The van der Waals surface area contributed by atoms with Crippen LogP contribution in [0, 0.1) is 5.41 Å². The first-order chi connectivity index (χ1) is 9.74. The molecule has 5 heteroatoms. The van der Waals surface area contributed by atoms with Crippen LogP contribution in [-0.4, -0.2) is 19.3 Å². The largest absolute Gasteiger partial charge is 0.312 e. The molecule has 0 aliphatic heterocycles. The van der Waals surface area contributed by atoms with Crippen molar-refractivity contribution in [2.75, 3.05) is 0 Å². The fourth-order valence-electron chi connectivity index (χ4n) is 2.64. The number of hydrogen-bond acceptors (Lipinski definition) is 2. The van der Waals surface area contributed by atoms with Gasteiger partial charge in [0.25, 0.3) is 0 Å². The van der Waals surface area contributed by atoms with Gasteiger partial charge in [0.1, 0.15) is 11.3 Å². The average molecular weight is 311 g/mol. The summed E-state index contributed by atoms with van der Waals surface area (Å²) in [5.74, 6) is 0.960. The van der Waals surface area contributed by atoms with Crippen LogP contribution in [0.2, 0.25) is 0 Å². The number of rotatable bonds is 5. The van der Waals surface area contributed by atoms with Crippen LogP contribution in [0.1, 0.15) is 64.4 Å². The minimum atomic E-state index is -0.0909. The van der Waals surface area contributed by atoms with Crippen LogP contribution in [0.15, 0.2) is 0 Å². The Labute approximate surface area is 132 Å². The first kappa shape index (κ1) is 16.3. The van der Waals surface area contributed by atoms with E-state index in [-0.39, 0.29) is 10.8 Å². The number of fused-ring (bicyclic) bond motifs is 1. The molecule has 21 heavy (non-hydrogen) atoms. The molecular formula is C16H27ClN4. The maximum atomic E-state index is 6.36. The summed E-state index contributed by atoms with van der Waals surface area (Å²) in [4.78, 5) is 4.80. The summed E-state index contributed by atoms with van der Waals surface area (Å²) in [7, 11) is 2.00. The Kier molecular flexibility index (Phi) is 4.66. The molecule has 118 valence electrons. The van der Waals surface area contributed by atoms with Crippen LogP contribution in [0.4, 0.5) is 0 Å². The van der Waals surface area contributed by atoms with Crippen LogP contribution in [0.25, 0.3) is 11.2 Å². The second kappa shape index (κ2) is 5.99. The molecule has 0 aliphatic carbocycles. The molecule has 0 amide bonds. The van der Waals surface area contributed by atoms with E-state index in [4.69, 9.17) is 16.6 Å². The lowest BCUT2D eigenvalue weighted by atomic mass is 9.92. The summed E-state index contributed by atoms with van der Waals surface area (Å²) in [5.41, 5.74) is 3.50. The van der Waals surface area contributed by atoms with Gasteiger partial charge in [-0.05, 0) is 25.2 Å². The van der Waals surface area contributed by atoms with Gasteiger partial charge in [0.15, 0.2) is 5.65 Å². The molecule has 0 bridgehead atoms. The van der Waals surface area contributed by atoms with Gasteiger partial charge in [-0.3, -0.25) is 4.68 Å². The zero-order valence-corrected chi connectivity index (χ0v) is 14.8. The van der Waals surface area contributed by atoms with Crippen molar-refractivity contribution in [2.45, 2.75) is 65.8 Å². The highest BCUT2D eigenvalue weighted by atomic mass is 35.5. The molecule has 0 fully saturated rings. The Morgan fingerprint density at radius 1 is 1.29 bits per heavy atom. The van der Waals surface area contributed by atoms with E-state index in [1.807, 2.05) is 18.7 Å². The van der Waals surface area contributed by atoms with E-state index in [0.717, 1.165) is 48.5 Å². The molecule has 0 aliphatic rings. The van der Waals surface area contributed by atoms with Gasteiger partial charge in [0.05, 0.1) is 11.1 Å². The van der Waals surface area contributed by atoms with E-state index in [2.05, 4.69) is 37.4 Å². The molecule has 1 unspecified atom stereocenters. The van der Waals surface area contributed by atoms with E-state index < -0.39 is 0 Å². The SMILES string of the molecule is CCCc1nn(C)c2c1nc(C(C)Cl)n2CCC(C)(C)C. The molecular weight excluding hydrogens is 284 g/mol. The monoisotopic (exact) mass is 310 g/mol. The number of aromatic nitrogens is 4. The first-order valence-corrected chi connectivity index (χ1v) is 8.24. The first-order valence-electron chi connectivity index (χ1n) is 7.80. The summed E-state index contributed by atoms with van der Waals surface area (Å²) in [5, 5.41) is 4.54. The number of alkyl halides is 1. The van der Waals surface area contributed by atoms with Gasteiger partial charge in [0.2, 0.25) is 0 Å². The average Bonchev–Trinajstić information content (AvgIpc) is 2.86. The number of hydrogen-bond donors (Lipinski definition) is 0. The number of halogens is 1. The topological polar surface area (TPSA) is 35.6 Å². The van der Waals surface area contributed by atoms with Crippen LogP contribution in [0.5, 0.6) is 0 Å². The minimum absolute atomic E-state index is 0.0909. The van der Waals surface area contributed by atoms with Crippen molar-refractivity contribution in [3.05, 3.63) is 11.5 Å². The molecule has 2 rings (SSSR count). The molecule has 1 atom stereocenters. The molecule has 0 spiro atoms. The molecule has 0 radical (unpaired) electrons. The Balaban J connectivity index is 2.51. The van der Waals surface area contributed by atoms with Crippen LogP contribution >= 0.6 is 11.6 Å². The summed E-state index contributed by atoms with van der Waals surface area (Å²) in [6.07, 6.45) is 3.12. The van der Waals surface area contributed by atoms with Crippen molar-refractivity contribution in [1.29, 1.82) is 0 Å². The summed E-state index contributed by atoms with van der Waals surface area (Å²) in [6, 6.07) is 0. The lowest BCUT2D eigenvalue weighted by molar-refractivity contribution is 0.349. The Hall–Kier alpha value is -1.03. The van der Waals surface area contributed by atoms with Gasteiger partial charge in [-0.15, -0.1) is 11.6 Å². The van der Waals surface area contributed by atoms with Crippen molar-refractivity contribution in [3.8, 4) is 0 Å². The molecule has 2 heterocycles. The highest BCUT2D eigenvalue weighted by Crippen LogP contribution is 2.29. The van der Waals surface area contributed by atoms with Crippen molar-refractivity contribution >= 4 is 22.8 Å². The number of aryl methyl sites for hydroxylation is 3. The standard InChI is InChI=1S/C16H27ClN4/c1-7-8-12-13-15(20(6)19-12)21(10-9-16(3,4)5)14(18-13)11(2)17/h11H,7-10H2,1-6H3. The predicted octanol–water partition coefficient (Wildman–Crippen LogP) is 4.46. The second-order valence-corrected chi connectivity index (χ2v) is 7.70. The third kappa shape index (κ3) is 3.42. The third-order valence-electron chi connectivity index (χ3n) is 3.75. The fourth-order valence-corrected chi connectivity index (χ4v) is 2.80. The van der Waals surface area contributed by atoms with Crippen LogP contribution in [-0.2, 0) is 20.0 Å². The zero-order chi connectivity index (χ0) is 15.8. The molecule has 0 aromatic carbocycles. The molecule has 2 aromatic rings. The molecule has 0 saturated carbocycles. The number of nitrogens with zero attached hydrogens (tertiary/aromatic N) is 4. The van der Waals surface area contributed by atoms with Crippen LogP contribution < -0.4 is 0 Å². The van der Waals surface area contributed by atoms with Crippen molar-refractivity contribution in [2.24, 2.45) is 12.5 Å². The summed E-state index contributed by atoms with van der Waals surface area (Å²) < 4.78 is 4.21. The Bertz CT molecular complexity index is 616. The van der Waals surface area contributed by atoms with Gasteiger partial charge in [-0.25, -0.2) is 4.98 Å². The van der Waals surface area contributed by atoms with Crippen molar-refractivity contribution in [3.63, 3.8) is 0 Å². The van der Waals surface area contributed by atoms with Gasteiger partial charge < -0.3 is 4.57 Å². The quantitative estimate of drug-likeness (QED) is 0.764. The Morgan fingerprint density at radius 3 is 2.48 bits per heavy atom. The highest BCUT2D eigenvalue weighted by molar-refractivity contribution is 6.20. The Morgan fingerprint density at radius 2 is 1.95 bits per heavy atom. The fraction of sp³-hybridized carbons (Fsp3) is 0.750. The van der Waals surface area contributed by atoms with Gasteiger partial charge in [-0.2, -0.15) is 5.10 Å². The van der Waals surface area contributed by atoms with Crippen molar-refractivity contribution < 1.29 is 0 Å². The maximum absolute atomic E-state index is 6.36. The highest BCUT2D eigenvalue weighted by Gasteiger charge is 2.22. The van der Waals surface area contributed by atoms with Crippen LogP contribution in [0.3, 0.4) is 0 Å². The maximum Gasteiger partial charge on any atom is 0.158 e. The van der Waals surface area contributed by atoms with E-state index >= 15 is 0 Å². The van der Waals surface area contributed by atoms with Gasteiger partial charge >= 0.3 is 0 Å². The molecule has 0 saturated heterocycles. The van der Waals surface area contributed by atoms with E-state index in [1.54, 1.807) is 0 Å². The molecule has 2 aromatic heterocycles. The lowest BCUT2D eigenvalue weighted by Crippen LogP contribution is -2.14. The summed E-state index contributed by atoms with van der Waals surface area (Å²) >= 11 is 6.36. The molecule has 4 nitrogen and oxygen atoms in total. The van der Waals surface area contributed by atoms with E-state index in [0.29, 0.717) is 0 Å². The minimum Gasteiger partial charge on any atom is -0.312 e.